The highest BCUT2D eigenvalue weighted by molar-refractivity contribution is 6.30. The van der Waals surface area contributed by atoms with Crippen molar-refractivity contribution in [2.24, 2.45) is 11.8 Å². The first-order chi connectivity index (χ1) is 12.6. The number of nitrogens with zero attached hydrogens (tertiary/aromatic N) is 1. The minimum Gasteiger partial charge on any atom is -0.465 e. The van der Waals surface area contributed by atoms with Crippen molar-refractivity contribution in [2.75, 3.05) is 26.2 Å². The molecule has 3 atom stereocenters. The molecule has 0 aromatic heterocycles. The number of hydrogen-bond donors (Lipinski definition) is 2. The molecule has 3 unspecified atom stereocenters. The molecule has 0 bridgehead atoms. The van der Waals surface area contributed by atoms with Crippen molar-refractivity contribution in [1.29, 1.82) is 0 Å². The lowest BCUT2D eigenvalue weighted by atomic mass is 9.64. The van der Waals surface area contributed by atoms with Crippen LogP contribution in [0.5, 0.6) is 0 Å². The lowest BCUT2D eigenvalue weighted by Gasteiger charge is -2.40. The lowest BCUT2D eigenvalue weighted by molar-refractivity contribution is 0.190. The Morgan fingerprint density at radius 2 is 1.69 bits per heavy atom. The molecule has 0 spiro atoms. The van der Waals surface area contributed by atoms with Crippen molar-refractivity contribution in [2.45, 2.75) is 50.9 Å². The molecular weight excluding hydrogens is 348 g/mol. The second-order valence-electron chi connectivity index (χ2n) is 7.93. The number of halogens is 1. The molecule has 0 radical (unpaired) electrons. The maximum absolute atomic E-state index is 10.4. The quantitative estimate of drug-likeness (QED) is 0.776. The van der Waals surface area contributed by atoms with Gasteiger partial charge >= 0.3 is 6.09 Å². The monoisotopic (exact) mass is 378 g/mol. The molecule has 144 valence electrons. The molecule has 2 aliphatic carbocycles. The number of carboxylic acid groups (broad SMARTS) is 1. The molecule has 1 saturated heterocycles. The van der Waals surface area contributed by atoms with Crippen molar-refractivity contribution >= 4 is 17.7 Å². The van der Waals surface area contributed by atoms with Crippen molar-refractivity contribution in [1.82, 2.24) is 10.2 Å². The SMILES string of the molecule is C1CCCCC1.O=C(O)NCCN1CC2CC(c3ccc(Cl)cc3)C2C1. The van der Waals surface area contributed by atoms with Gasteiger partial charge in [-0.3, -0.25) is 0 Å². The standard InChI is InChI=1S/C15H19ClN2O2.C6H12/c16-12-3-1-10(2-4-12)13-7-11-8-18(9-14(11)13)6-5-17-15(19)20;1-2-4-6-5-3-1/h1-4,11,13-14,17H,5-9H2,(H,19,20);1-6H2. The highest BCUT2D eigenvalue weighted by atomic mass is 35.5. The Morgan fingerprint density at radius 3 is 2.27 bits per heavy atom. The lowest BCUT2D eigenvalue weighted by Crippen LogP contribution is -2.33. The Hall–Kier alpha value is -1.26. The van der Waals surface area contributed by atoms with Gasteiger partial charge in [0.1, 0.15) is 0 Å². The largest absolute Gasteiger partial charge is 0.465 e. The van der Waals surface area contributed by atoms with Crippen LogP contribution < -0.4 is 5.32 Å². The summed E-state index contributed by atoms with van der Waals surface area (Å²) in [6.45, 7) is 3.52. The maximum Gasteiger partial charge on any atom is 0.404 e. The minimum absolute atomic E-state index is 0.514. The van der Waals surface area contributed by atoms with Gasteiger partial charge in [0.05, 0.1) is 0 Å². The van der Waals surface area contributed by atoms with E-state index in [1.165, 1.54) is 50.5 Å². The van der Waals surface area contributed by atoms with Crippen molar-refractivity contribution in [3.8, 4) is 0 Å². The van der Waals surface area contributed by atoms with E-state index in [2.05, 4.69) is 22.3 Å². The molecule has 4 nitrogen and oxygen atoms in total. The Labute approximate surface area is 161 Å². The Balaban J connectivity index is 0.000000278. The van der Waals surface area contributed by atoms with E-state index < -0.39 is 6.09 Å². The summed E-state index contributed by atoms with van der Waals surface area (Å²) < 4.78 is 0. The summed E-state index contributed by atoms with van der Waals surface area (Å²) >= 11 is 5.93. The van der Waals surface area contributed by atoms with Gasteiger partial charge in [0, 0.05) is 31.2 Å². The van der Waals surface area contributed by atoms with E-state index in [0.29, 0.717) is 12.5 Å². The normalized spacial score (nSPS) is 27.7. The summed E-state index contributed by atoms with van der Waals surface area (Å²) in [7, 11) is 0. The van der Waals surface area contributed by atoms with Gasteiger partial charge in [-0.1, -0.05) is 62.3 Å². The molecule has 1 aliphatic heterocycles. The van der Waals surface area contributed by atoms with E-state index in [1.54, 1.807) is 0 Å². The Bertz CT molecular complexity index is 562. The van der Waals surface area contributed by atoms with Gasteiger partial charge in [0.25, 0.3) is 0 Å². The molecule has 3 fully saturated rings. The summed E-state index contributed by atoms with van der Waals surface area (Å²) in [6.07, 6.45) is 9.31. The molecule has 3 aliphatic rings. The van der Waals surface area contributed by atoms with Crippen LogP contribution in [0.3, 0.4) is 0 Å². The third kappa shape index (κ3) is 5.37. The second kappa shape index (κ2) is 9.61. The second-order valence-corrected chi connectivity index (χ2v) is 8.37. The minimum atomic E-state index is -0.939. The number of likely N-dealkylation sites (tertiary alicyclic amines) is 1. The van der Waals surface area contributed by atoms with Crippen LogP contribution in [0.25, 0.3) is 0 Å². The predicted octanol–water partition coefficient (Wildman–Crippen LogP) is 4.98. The van der Waals surface area contributed by atoms with E-state index in [4.69, 9.17) is 16.7 Å². The van der Waals surface area contributed by atoms with Gasteiger partial charge < -0.3 is 15.3 Å². The number of carbonyl (C=O) groups is 1. The average molecular weight is 379 g/mol. The number of benzene rings is 1. The van der Waals surface area contributed by atoms with E-state index in [0.717, 1.165) is 36.5 Å². The maximum atomic E-state index is 10.4. The van der Waals surface area contributed by atoms with Crippen molar-refractivity contribution in [3.05, 3.63) is 34.9 Å². The van der Waals surface area contributed by atoms with Gasteiger partial charge in [-0.2, -0.15) is 0 Å². The van der Waals surface area contributed by atoms with Crippen LogP contribution in [0.1, 0.15) is 56.4 Å². The first-order valence-corrected chi connectivity index (χ1v) is 10.5. The molecule has 4 rings (SSSR count). The van der Waals surface area contributed by atoms with Gasteiger partial charge in [-0.15, -0.1) is 0 Å². The first-order valence-electron chi connectivity index (χ1n) is 10.1. The number of fused-ring (bicyclic) bond motifs is 1. The summed E-state index contributed by atoms with van der Waals surface area (Å²) in [4.78, 5) is 12.8. The van der Waals surface area contributed by atoms with Gasteiger partial charge in [0.2, 0.25) is 0 Å². The third-order valence-corrected chi connectivity index (χ3v) is 6.40. The molecule has 5 heteroatoms. The molecule has 1 amide bonds. The first kappa shape index (κ1) is 19.5. The van der Waals surface area contributed by atoms with Crippen molar-refractivity contribution < 1.29 is 9.90 Å². The Morgan fingerprint density at radius 1 is 1.08 bits per heavy atom. The number of nitrogens with one attached hydrogen (secondary N) is 1. The molecular formula is C21H31ClN2O2. The van der Waals surface area contributed by atoms with Crippen LogP contribution in [-0.2, 0) is 0 Å². The van der Waals surface area contributed by atoms with Gasteiger partial charge in [-0.25, -0.2) is 4.79 Å². The van der Waals surface area contributed by atoms with Crippen LogP contribution in [0.4, 0.5) is 4.79 Å². The van der Waals surface area contributed by atoms with Crippen molar-refractivity contribution in [3.63, 3.8) is 0 Å². The fraction of sp³-hybridized carbons (Fsp3) is 0.667. The van der Waals surface area contributed by atoms with E-state index in [1.807, 2.05) is 12.1 Å². The summed E-state index contributed by atoms with van der Waals surface area (Å²) in [5, 5.41) is 11.8. The van der Waals surface area contributed by atoms with Crippen LogP contribution in [0.2, 0.25) is 5.02 Å². The molecule has 26 heavy (non-hydrogen) atoms. The number of amides is 1. The molecule has 2 saturated carbocycles. The van der Waals surface area contributed by atoms with Crippen LogP contribution >= 0.6 is 11.6 Å². The molecule has 1 heterocycles. The number of hydrogen-bond acceptors (Lipinski definition) is 2. The zero-order valence-electron chi connectivity index (χ0n) is 15.5. The average Bonchev–Trinajstić information content (AvgIpc) is 2.95. The highest BCUT2D eigenvalue weighted by Gasteiger charge is 2.47. The van der Waals surface area contributed by atoms with Crippen LogP contribution in [0.15, 0.2) is 24.3 Å². The van der Waals surface area contributed by atoms with Gasteiger partial charge in [0.15, 0.2) is 0 Å². The van der Waals surface area contributed by atoms with E-state index in [-0.39, 0.29) is 0 Å². The van der Waals surface area contributed by atoms with Gasteiger partial charge in [-0.05, 0) is 41.9 Å². The van der Waals surface area contributed by atoms with Crippen LogP contribution in [0, 0.1) is 11.8 Å². The molecule has 1 aromatic rings. The predicted molar refractivity (Wildman–Crippen MR) is 106 cm³/mol. The Kier molecular flexibility index (Phi) is 7.21. The fourth-order valence-electron chi connectivity index (χ4n) is 4.66. The van der Waals surface area contributed by atoms with E-state index >= 15 is 0 Å². The van der Waals surface area contributed by atoms with E-state index in [9.17, 15) is 4.79 Å². The molecule has 1 aromatic carbocycles. The topological polar surface area (TPSA) is 52.6 Å². The summed E-state index contributed by atoms with van der Waals surface area (Å²) in [5.74, 6) is 2.15. The smallest absolute Gasteiger partial charge is 0.404 e. The highest BCUT2D eigenvalue weighted by Crippen LogP contribution is 2.51. The zero-order chi connectivity index (χ0) is 18.4. The number of rotatable bonds is 4. The summed E-state index contributed by atoms with van der Waals surface area (Å²) in [6, 6.07) is 8.21. The third-order valence-electron chi connectivity index (χ3n) is 6.14. The molecule has 2 N–H and O–H groups in total. The summed E-state index contributed by atoms with van der Waals surface area (Å²) in [5.41, 5.74) is 1.39. The zero-order valence-corrected chi connectivity index (χ0v) is 16.3. The fourth-order valence-corrected chi connectivity index (χ4v) is 4.78. The van der Waals surface area contributed by atoms with Crippen LogP contribution in [-0.4, -0.2) is 42.3 Å².